The Bertz CT molecular complexity index is 1350. The number of aromatic nitrogens is 4. The van der Waals surface area contributed by atoms with Crippen molar-refractivity contribution in [3.63, 3.8) is 0 Å². The first-order valence-electron chi connectivity index (χ1n) is 9.36. The largest absolute Gasteiger partial charge is 0.416 e. The van der Waals surface area contributed by atoms with Crippen molar-refractivity contribution >= 4 is 29.0 Å². The van der Waals surface area contributed by atoms with E-state index in [-0.39, 0.29) is 11.3 Å². The highest BCUT2D eigenvalue weighted by atomic mass is 32.2. The molecule has 0 aliphatic heterocycles. The molecule has 1 N–H and O–H groups in total. The predicted molar refractivity (Wildman–Crippen MR) is 113 cm³/mol. The van der Waals surface area contributed by atoms with E-state index in [4.69, 9.17) is 0 Å². The molecule has 1 amide bonds. The zero-order valence-corrected chi connectivity index (χ0v) is 17.4. The molecule has 0 unspecified atom stereocenters. The van der Waals surface area contributed by atoms with Crippen LogP contribution in [0.2, 0.25) is 0 Å². The molecule has 0 saturated heterocycles. The summed E-state index contributed by atoms with van der Waals surface area (Å²) in [5.41, 5.74) is -0.0990. The maximum Gasteiger partial charge on any atom is 0.416 e. The summed E-state index contributed by atoms with van der Waals surface area (Å²) in [5, 5.41) is 7.05. The van der Waals surface area contributed by atoms with Crippen molar-refractivity contribution in [3.8, 4) is 0 Å². The quantitative estimate of drug-likeness (QED) is 0.488. The van der Waals surface area contributed by atoms with Crippen molar-refractivity contribution in [2.45, 2.75) is 29.6 Å². The fraction of sp³-hybridized carbons (Fsp3) is 0.143. The Kier molecular flexibility index (Phi) is 5.74. The molecule has 0 radical (unpaired) electrons. The second kappa shape index (κ2) is 8.50. The van der Waals surface area contributed by atoms with E-state index in [9.17, 15) is 22.8 Å². The minimum Gasteiger partial charge on any atom is -0.324 e. The number of nitrogens with zero attached hydrogens (tertiary/aromatic N) is 4. The molecule has 2 aromatic heterocycles. The first kappa shape index (κ1) is 21.6. The van der Waals surface area contributed by atoms with E-state index < -0.39 is 29.9 Å². The van der Waals surface area contributed by atoms with Crippen molar-refractivity contribution in [1.29, 1.82) is 0 Å². The average Bonchev–Trinajstić information content (AvgIpc) is 3.06. The van der Waals surface area contributed by atoms with Gasteiger partial charge in [-0.05, 0) is 37.3 Å². The van der Waals surface area contributed by atoms with Crippen LogP contribution in [0.3, 0.4) is 0 Å². The molecule has 0 aliphatic rings. The molecular weight excluding hydrogens is 443 g/mol. The van der Waals surface area contributed by atoms with Crippen molar-refractivity contribution in [1.82, 2.24) is 19.2 Å². The zero-order valence-electron chi connectivity index (χ0n) is 16.6. The Morgan fingerprint density at radius 3 is 2.62 bits per heavy atom. The topological polar surface area (TPSA) is 81.3 Å². The maximum absolute atomic E-state index is 12.9. The summed E-state index contributed by atoms with van der Waals surface area (Å²) in [7, 11) is 0. The van der Waals surface area contributed by atoms with Crippen LogP contribution >= 0.6 is 11.8 Å². The zero-order chi connectivity index (χ0) is 22.9. The van der Waals surface area contributed by atoms with Gasteiger partial charge in [-0.15, -0.1) is 5.10 Å². The van der Waals surface area contributed by atoms with Crippen LogP contribution in [0.25, 0.3) is 5.65 Å². The number of hydrogen-bond donors (Lipinski definition) is 1. The van der Waals surface area contributed by atoms with Crippen LogP contribution < -0.4 is 11.0 Å². The number of anilines is 1. The van der Waals surface area contributed by atoms with Crippen molar-refractivity contribution in [2.24, 2.45) is 0 Å². The van der Waals surface area contributed by atoms with E-state index in [2.05, 4.69) is 15.4 Å². The van der Waals surface area contributed by atoms with E-state index in [1.807, 2.05) is 31.2 Å². The normalized spacial score (nSPS) is 11.6. The van der Waals surface area contributed by atoms with Crippen LogP contribution in [-0.4, -0.2) is 25.1 Å². The Hall–Kier alpha value is -3.60. The Morgan fingerprint density at radius 2 is 1.91 bits per heavy atom. The van der Waals surface area contributed by atoms with Crippen molar-refractivity contribution in [2.75, 3.05) is 5.32 Å². The minimum atomic E-state index is -4.53. The lowest BCUT2D eigenvalue weighted by molar-refractivity contribution is -0.137. The Balaban J connectivity index is 1.56. The van der Waals surface area contributed by atoms with Crippen molar-refractivity contribution < 1.29 is 18.0 Å². The first-order chi connectivity index (χ1) is 15.2. The van der Waals surface area contributed by atoms with Gasteiger partial charge in [0.05, 0.1) is 5.56 Å². The number of alkyl halides is 3. The van der Waals surface area contributed by atoms with Gasteiger partial charge in [0.15, 0.2) is 5.65 Å². The van der Waals surface area contributed by atoms with Gasteiger partial charge in [-0.3, -0.25) is 4.79 Å². The fourth-order valence-electron chi connectivity index (χ4n) is 2.93. The minimum absolute atomic E-state index is 0.0288. The molecule has 0 atom stereocenters. The van der Waals surface area contributed by atoms with Gasteiger partial charge in [0.25, 0.3) is 0 Å². The van der Waals surface area contributed by atoms with Gasteiger partial charge < -0.3 is 5.32 Å². The number of hydrogen-bond acceptors (Lipinski definition) is 5. The van der Waals surface area contributed by atoms with E-state index in [1.54, 1.807) is 0 Å². The van der Waals surface area contributed by atoms with Crippen LogP contribution in [0.15, 0.2) is 75.6 Å². The molecular formula is C21H16F3N5O2S. The van der Waals surface area contributed by atoms with Gasteiger partial charge in [-0.2, -0.15) is 13.2 Å². The summed E-state index contributed by atoms with van der Waals surface area (Å²) in [6, 6.07) is 12.0. The van der Waals surface area contributed by atoms with E-state index in [0.29, 0.717) is 5.03 Å². The van der Waals surface area contributed by atoms with Gasteiger partial charge in [-0.1, -0.05) is 35.5 Å². The molecule has 4 rings (SSSR count). The second-order valence-electron chi connectivity index (χ2n) is 6.91. The molecule has 0 saturated carbocycles. The fourth-order valence-corrected chi connectivity index (χ4v) is 3.77. The summed E-state index contributed by atoms with van der Waals surface area (Å²) >= 11 is 1.32. The molecule has 2 heterocycles. The molecule has 0 aliphatic carbocycles. The molecule has 11 heteroatoms. The SMILES string of the molecule is Cc1ccc(Sc2nccn3c(=O)n(CC(=O)Nc4cccc(C(F)(F)F)c4)nc23)cc1. The predicted octanol–water partition coefficient (Wildman–Crippen LogP) is 4.01. The first-order valence-corrected chi connectivity index (χ1v) is 10.2. The Morgan fingerprint density at radius 1 is 1.16 bits per heavy atom. The summed E-state index contributed by atoms with van der Waals surface area (Å²) in [5.74, 6) is -0.685. The lowest BCUT2D eigenvalue weighted by atomic mass is 10.2. The van der Waals surface area contributed by atoms with Crippen molar-refractivity contribution in [3.05, 3.63) is 82.5 Å². The second-order valence-corrected chi connectivity index (χ2v) is 7.97. The van der Waals surface area contributed by atoms with E-state index in [1.165, 1.54) is 40.7 Å². The van der Waals surface area contributed by atoms with Gasteiger partial charge >= 0.3 is 11.9 Å². The number of nitrogens with one attached hydrogen (secondary N) is 1. The molecule has 0 spiro atoms. The third kappa shape index (κ3) is 4.67. The number of amides is 1. The Labute approximate surface area is 183 Å². The van der Waals surface area contributed by atoms with E-state index >= 15 is 0 Å². The van der Waals surface area contributed by atoms with Gasteiger partial charge in [0.2, 0.25) is 5.91 Å². The number of fused-ring (bicyclic) bond motifs is 1. The number of carbonyl (C=O) groups is 1. The van der Waals surface area contributed by atoms with Crippen LogP contribution in [0, 0.1) is 6.92 Å². The molecule has 164 valence electrons. The highest BCUT2D eigenvalue weighted by Gasteiger charge is 2.30. The summed E-state index contributed by atoms with van der Waals surface area (Å²) in [6.45, 7) is 1.50. The number of rotatable bonds is 5. The van der Waals surface area contributed by atoms with Crippen LogP contribution in [0.1, 0.15) is 11.1 Å². The molecule has 7 nitrogen and oxygen atoms in total. The lowest BCUT2D eigenvalue weighted by Crippen LogP contribution is -2.28. The third-order valence-electron chi connectivity index (χ3n) is 4.47. The molecule has 32 heavy (non-hydrogen) atoms. The van der Waals surface area contributed by atoms with Gasteiger partial charge in [0, 0.05) is 23.0 Å². The number of halogens is 3. The number of carbonyl (C=O) groups excluding carboxylic acids is 1. The molecule has 0 bridgehead atoms. The monoisotopic (exact) mass is 459 g/mol. The average molecular weight is 459 g/mol. The van der Waals surface area contributed by atoms with Gasteiger partial charge in [-0.25, -0.2) is 18.9 Å². The molecule has 2 aromatic carbocycles. The van der Waals surface area contributed by atoms with Crippen LogP contribution in [0.5, 0.6) is 0 Å². The highest BCUT2D eigenvalue weighted by Crippen LogP contribution is 2.31. The maximum atomic E-state index is 12.9. The summed E-state index contributed by atoms with van der Waals surface area (Å²) in [6.07, 6.45) is -1.64. The summed E-state index contributed by atoms with van der Waals surface area (Å²) < 4.78 is 40.8. The van der Waals surface area contributed by atoms with E-state index in [0.717, 1.165) is 27.3 Å². The number of aryl methyl sites for hydroxylation is 1. The highest BCUT2D eigenvalue weighted by molar-refractivity contribution is 7.99. The standard InChI is InChI=1S/C21H16F3N5O2S/c1-13-5-7-16(8-6-13)32-19-18-27-29(20(31)28(18)10-9-25-19)12-17(30)26-15-4-2-3-14(11-15)21(22,23)24/h2-11H,12H2,1H3,(H,26,30). The molecule has 0 fully saturated rings. The molecule has 4 aromatic rings. The van der Waals surface area contributed by atoms with Crippen LogP contribution in [-0.2, 0) is 17.5 Å². The lowest BCUT2D eigenvalue weighted by Gasteiger charge is -2.09. The smallest absolute Gasteiger partial charge is 0.324 e. The summed E-state index contributed by atoms with van der Waals surface area (Å²) in [4.78, 5) is 30.2. The van der Waals surface area contributed by atoms with Crippen LogP contribution in [0.4, 0.5) is 18.9 Å². The van der Waals surface area contributed by atoms with Gasteiger partial charge in [0.1, 0.15) is 11.6 Å². The number of benzene rings is 2. The third-order valence-corrected chi connectivity index (χ3v) is 5.46.